The van der Waals surface area contributed by atoms with Crippen molar-refractivity contribution in [1.29, 1.82) is 0 Å². The first-order valence-corrected chi connectivity index (χ1v) is 7.84. The first kappa shape index (κ1) is 19.3. The van der Waals surface area contributed by atoms with Crippen molar-refractivity contribution in [3.05, 3.63) is 12.0 Å². The lowest BCUT2D eigenvalue weighted by Gasteiger charge is -2.14. The third kappa shape index (κ3) is 4.60. The lowest BCUT2D eigenvalue weighted by Crippen LogP contribution is -2.21. The van der Waals surface area contributed by atoms with Gasteiger partial charge in [0.15, 0.2) is 11.9 Å². The molecule has 2 aromatic rings. The van der Waals surface area contributed by atoms with E-state index in [9.17, 15) is 0 Å². The molecule has 0 bridgehead atoms. The predicted molar refractivity (Wildman–Crippen MR) is 88.8 cm³/mol. The molecule has 0 aromatic carbocycles. The molecule has 0 amide bonds. The summed E-state index contributed by atoms with van der Waals surface area (Å²) in [6.07, 6.45) is 1.87. The maximum absolute atomic E-state index is 9.04. The van der Waals surface area contributed by atoms with Crippen molar-refractivity contribution < 1.29 is 14.6 Å². The number of aliphatic hydroxyl groups is 1. The third-order valence-corrected chi connectivity index (χ3v) is 3.40. The number of methoxy groups -OCH3 is 1. The predicted octanol–water partition coefficient (Wildman–Crippen LogP) is 1.89. The molecule has 2 heterocycles. The molecule has 23 heavy (non-hydrogen) atoms. The zero-order chi connectivity index (χ0) is 17.4. The van der Waals surface area contributed by atoms with Crippen LogP contribution in [-0.2, 0) is 16.2 Å². The highest BCUT2D eigenvalue weighted by Crippen LogP contribution is 2.24. The van der Waals surface area contributed by atoms with Gasteiger partial charge in [0.2, 0.25) is 5.95 Å². The minimum atomic E-state index is -0.685. The summed E-state index contributed by atoms with van der Waals surface area (Å²) < 4.78 is 12.1. The van der Waals surface area contributed by atoms with Crippen molar-refractivity contribution in [3.63, 3.8) is 0 Å². The summed E-state index contributed by atoms with van der Waals surface area (Å²) in [7, 11) is 1.47. The number of nitrogen functional groups attached to an aromatic ring is 1. The first-order valence-electron chi connectivity index (χ1n) is 7.84. The molecule has 0 saturated carbocycles. The number of aromatic nitrogens is 4. The minimum absolute atomic E-state index is 0.159. The fourth-order valence-corrected chi connectivity index (χ4v) is 1.97. The molecule has 8 nitrogen and oxygen atoms in total. The van der Waals surface area contributed by atoms with Gasteiger partial charge < -0.3 is 20.3 Å². The molecule has 0 saturated heterocycles. The van der Waals surface area contributed by atoms with Gasteiger partial charge in [-0.25, -0.2) is 9.97 Å². The topological polar surface area (TPSA) is 108 Å². The minimum Gasteiger partial charge on any atom is -0.391 e. The number of nitrogens with zero attached hydrogens (tertiary/aromatic N) is 4. The van der Waals surface area contributed by atoms with E-state index in [0.29, 0.717) is 5.65 Å². The average Bonchev–Trinajstić information content (AvgIpc) is 2.99. The molecule has 0 aliphatic heterocycles. The van der Waals surface area contributed by atoms with Gasteiger partial charge in [0, 0.05) is 13.0 Å². The van der Waals surface area contributed by atoms with E-state index in [2.05, 4.69) is 28.8 Å². The quantitative estimate of drug-likeness (QED) is 0.748. The monoisotopic (exact) mass is 325 g/mol. The van der Waals surface area contributed by atoms with Crippen LogP contribution in [0.25, 0.3) is 11.2 Å². The molecule has 0 aliphatic carbocycles. The summed E-state index contributed by atoms with van der Waals surface area (Å²) in [6, 6.07) is 0. The molecule has 3 N–H and O–H groups in total. The number of hydrogen-bond acceptors (Lipinski definition) is 7. The Balaban J connectivity index is 0.00000127. The Kier molecular flexibility index (Phi) is 7.87. The van der Waals surface area contributed by atoms with Crippen molar-refractivity contribution in [2.24, 2.45) is 0 Å². The van der Waals surface area contributed by atoms with E-state index in [0.717, 1.165) is 17.6 Å². The van der Waals surface area contributed by atoms with Crippen molar-refractivity contribution in [1.82, 2.24) is 19.5 Å². The zero-order valence-corrected chi connectivity index (χ0v) is 14.5. The summed E-state index contributed by atoms with van der Waals surface area (Å²) >= 11 is 0. The number of hydrogen-bond donors (Lipinski definition) is 2. The van der Waals surface area contributed by atoms with Crippen LogP contribution in [0.15, 0.2) is 6.33 Å². The third-order valence-electron chi connectivity index (χ3n) is 3.40. The molecule has 0 aliphatic rings. The second kappa shape index (κ2) is 9.39. The number of rotatable bonds is 7. The van der Waals surface area contributed by atoms with Gasteiger partial charge in [-0.3, -0.25) is 4.57 Å². The molecular weight excluding hydrogens is 298 g/mol. The first-order chi connectivity index (χ1) is 11.1. The van der Waals surface area contributed by atoms with E-state index < -0.39 is 6.29 Å². The van der Waals surface area contributed by atoms with Gasteiger partial charge in [0.25, 0.3) is 0 Å². The van der Waals surface area contributed by atoms with Crippen LogP contribution in [-0.4, -0.2) is 44.6 Å². The van der Waals surface area contributed by atoms with Crippen LogP contribution in [0.1, 0.15) is 45.7 Å². The maximum atomic E-state index is 9.04. The van der Waals surface area contributed by atoms with Gasteiger partial charge in [-0.15, -0.1) is 0 Å². The SMILES string of the molecule is CC.CCC(C)c1nc(N)nc2c1ncn2COC(CO)OC. The van der Waals surface area contributed by atoms with E-state index in [1.54, 1.807) is 10.9 Å². The van der Waals surface area contributed by atoms with Gasteiger partial charge in [-0.05, 0) is 6.42 Å². The van der Waals surface area contributed by atoms with Gasteiger partial charge in [-0.2, -0.15) is 4.98 Å². The Labute approximate surface area is 136 Å². The highest BCUT2D eigenvalue weighted by molar-refractivity contribution is 5.75. The van der Waals surface area contributed by atoms with Crippen molar-refractivity contribution in [2.45, 2.75) is 53.1 Å². The number of fused-ring (bicyclic) bond motifs is 1. The highest BCUT2D eigenvalue weighted by Gasteiger charge is 2.17. The average molecular weight is 325 g/mol. The van der Waals surface area contributed by atoms with Crippen LogP contribution >= 0.6 is 0 Å². The van der Waals surface area contributed by atoms with E-state index in [-0.39, 0.29) is 25.2 Å². The zero-order valence-electron chi connectivity index (χ0n) is 14.5. The molecule has 2 aromatic heterocycles. The van der Waals surface area contributed by atoms with E-state index >= 15 is 0 Å². The highest BCUT2D eigenvalue weighted by atomic mass is 16.7. The van der Waals surface area contributed by atoms with Crippen molar-refractivity contribution >= 4 is 17.1 Å². The van der Waals surface area contributed by atoms with Crippen LogP contribution in [0.2, 0.25) is 0 Å². The van der Waals surface area contributed by atoms with Crippen molar-refractivity contribution in [2.75, 3.05) is 19.5 Å². The lowest BCUT2D eigenvalue weighted by molar-refractivity contribution is -0.165. The molecule has 130 valence electrons. The Morgan fingerprint density at radius 2 is 2.04 bits per heavy atom. The normalized spacial score (nSPS) is 13.5. The van der Waals surface area contributed by atoms with Gasteiger partial charge in [0.1, 0.15) is 12.2 Å². The Bertz CT molecular complexity index is 598. The molecule has 2 unspecified atom stereocenters. The number of imidazole rings is 1. The molecular formula is C15H27N5O3. The lowest BCUT2D eigenvalue weighted by atomic mass is 10.0. The fraction of sp³-hybridized carbons (Fsp3) is 0.667. The Morgan fingerprint density at radius 1 is 1.35 bits per heavy atom. The number of ether oxygens (including phenoxy) is 2. The summed E-state index contributed by atoms with van der Waals surface area (Å²) in [6.45, 7) is 8.09. The van der Waals surface area contributed by atoms with Crippen LogP contribution < -0.4 is 5.73 Å². The fourth-order valence-electron chi connectivity index (χ4n) is 1.97. The van der Waals surface area contributed by atoms with Crippen LogP contribution in [0.4, 0.5) is 5.95 Å². The van der Waals surface area contributed by atoms with E-state index in [1.807, 2.05) is 13.8 Å². The van der Waals surface area contributed by atoms with E-state index in [4.69, 9.17) is 20.3 Å². The van der Waals surface area contributed by atoms with Crippen molar-refractivity contribution in [3.8, 4) is 0 Å². The molecule has 0 fully saturated rings. The molecule has 2 atom stereocenters. The van der Waals surface area contributed by atoms with Crippen LogP contribution in [0.3, 0.4) is 0 Å². The molecule has 0 radical (unpaired) electrons. The summed E-state index contributed by atoms with van der Waals surface area (Å²) in [5.74, 6) is 0.455. The summed E-state index contributed by atoms with van der Waals surface area (Å²) in [5, 5.41) is 9.04. The maximum Gasteiger partial charge on any atom is 0.222 e. The van der Waals surface area contributed by atoms with Gasteiger partial charge in [0.05, 0.1) is 18.6 Å². The Hall–Kier alpha value is -1.77. The molecule has 2 rings (SSSR count). The van der Waals surface area contributed by atoms with Gasteiger partial charge >= 0.3 is 0 Å². The number of aliphatic hydroxyl groups excluding tert-OH is 1. The Morgan fingerprint density at radius 3 is 2.61 bits per heavy atom. The summed E-state index contributed by atoms with van der Waals surface area (Å²) in [5.41, 5.74) is 7.96. The second-order valence-electron chi connectivity index (χ2n) is 4.81. The van der Waals surface area contributed by atoms with Crippen LogP contribution in [0.5, 0.6) is 0 Å². The second-order valence-corrected chi connectivity index (χ2v) is 4.81. The van der Waals surface area contributed by atoms with Gasteiger partial charge in [-0.1, -0.05) is 27.7 Å². The largest absolute Gasteiger partial charge is 0.391 e. The summed E-state index contributed by atoms with van der Waals surface area (Å²) in [4.78, 5) is 12.9. The standard InChI is InChI=1S/C13H21N5O3.C2H6/c1-4-8(2)10-11-12(17-13(14)16-10)18(6-15-11)7-21-9(5-19)20-3;1-2/h6,8-9,19H,4-5,7H2,1-3H3,(H2,14,16,17);1-2H3. The van der Waals surface area contributed by atoms with Crippen LogP contribution in [0, 0.1) is 0 Å². The molecule has 8 heteroatoms. The molecule has 0 spiro atoms. The smallest absolute Gasteiger partial charge is 0.222 e. The number of nitrogens with two attached hydrogens (primary N) is 1. The number of anilines is 1. The van der Waals surface area contributed by atoms with E-state index in [1.165, 1.54) is 7.11 Å².